The highest BCUT2D eigenvalue weighted by atomic mass is 16.5. The van der Waals surface area contributed by atoms with Crippen LogP contribution in [-0.2, 0) is 11.3 Å². The second kappa shape index (κ2) is 7.32. The standard InChI is InChI=1S/C17H25NO2/c1-13(2)20-16-10-8-14(9-11-16)12-18-17(19)15-6-4-3-5-7-15/h8-11,13,15H,3-7,12H2,1-2H3,(H,18,19). The molecule has 0 bridgehead atoms. The average molecular weight is 275 g/mol. The van der Waals surface area contributed by atoms with Crippen molar-refractivity contribution >= 4 is 5.91 Å². The molecule has 110 valence electrons. The molecule has 2 rings (SSSR count). The fourth-order valence-corrected chi connectivity index (χ4v) is 2.66. The minimum absolute atomic E-state index is 0.187. The molecule has 0 spiro atoms. The summed E-state index contributed by atoms with van der Waals surface area (Å²) in [5.74, 6) is 1.32. The van der Waals surface area contributed by atoms with Crippen molar-refractivity contribution in [2.75, 3.05) is 0 Å². The number of benzene rings is 1. The van der Waals surface area contributed by atoms with E-state index in [9.17, 15) is 4.79 Å². The summed E-state index contributed by atoms with van der Waals surface area (Å²) in [6.45, 7) is 4.63. The Balaban J connectivity index is 1.79. The van der Waals surface area contributed by atoms with E-state index in [-0.39, 0.29) is 17.9 Å². The first-order valence-corrected chi connectivity index (χ1v) is 7.68. The molecule has 0 radical (unpaired) electrons. The number of hydrogen-bond acceptors (Lipinski definition) is 2. The zero-order valence-electron chi connectivity index (χ0n) is 12.5. The lowest BCUT2D eigenvalue weighted by Crippen LogP contribution is -2.31. The third kappa shape index (κ3) is 4.55. The molecule has 1 aliphatic carbocycles. The first-order valence-electron chi connectivity index (χ1n) is 7.68. The molecule has 3 nitrogen and oxygen atoms in total. The maximum absolute atomic E-state index is 12.0. The molecule has 1 aromatic rings. The number of hydrogen-bond donors (Lipinski definition) is 1. The Morgan fingerprint density at radius 2 is 1.85 bits per heavy atom. The minimum Gasteiger partial charge on any atom is -0.491 e. The highest BCUT2D eigenvalue weighted by molar-refractivity contribution is 5.78. The largest absolute Gasteiger partial charge is 0.491 e. The zero-order valence-corrected chi connectivity index (χ0v) is 12.5. The van der Waals surface area contributed by atoms with Gasteiger partial charge in [-0.25, -0.2) is 0 Å². The van der Waals surface area contributed by atoms with Gasteiger partial charge in [0.1, 0.15) is 5.75 Å². The van der Waals surface area contributed by atoms with Crippen LogP contribution in [0, 0.1) is 5.92 Å². The van der Waals surface area contributed by atoms with Crippen LogP contribution in [-0.4, -0.2) is 12.0 Å². The molecule has 0 aromatic heterocycles. The van der Waals surface area contributed by atoms with E-state index in [0.29, 0.717) is 6.54 Å². The third-order valence-corrected chi connectivity index (χ3v) is 3.74. The Kier molecular flexibility index (Phi) is 5.45. The highest BCUT2D eigenvalue weighted by Gasteiger charge is 2.20. The van der Waals surface area contributed by atoms with Crippen molar-refractivity contribution in [1.29, 1.82) is 0 Å². The van der Waals surface area contributed by atoms with Crippen LogP contribution in [0.15, 0.2) is 24.3 Å². The fraction of sp³-hybridized carbons (Fsp3) is 0.588. The first-order chi connectivity index (χ1) is 9.65. The monoisotopic (exact) mass is 275 g/mol. The molecule has 1 amide bonds. The number of nitrogens with one attached hydrogen (secondary N) is 1. The number of amides is 1. The lowest BCUT2D eigenvalue weighted by Gasteiger charge is -2.20. The van der Waals surface area contributed by atoms with E-state index in [1.807, 2.05) is 38.1 Å². The SMILES string of the molecule is CC(C)Oc1ccc(CNC(=O)C2CCCCC2)cc1. The molecule has 1 saturated carbocycles. The lowest BCUT2D eigenvalue weighted by molar-refractivity contribution is -0.126. The predicted octanol–water partition coefficient (Wildman–Crippen LogP) is 3.67. The molecular formula is C17H25NO2. The Morgan fingerprint density at radius 1 is 1.20 bits per heavy atom. The molecule has 1 N–H and O–H groups in total. The van der Waals surface area contributed by atoms with Gasteiger partial charge in [0.15, 0.2) is 0 Å². The Hall–Kier alpha value is -1.51. The smallest absolute Gasteiger partial charge is 0.223 e. The summed E-state index contributed by atoms with van der Waals surface area (Å²) in [6, 6.07) is 7.95. The Morgan fingerprint density at radius 3 is 2.45 bits per heavy atom. The van der Waals surface area contributed by atoms with E-state index < -0.39 is 0 Å². The topological polar surface area (TPSA) is 38.3 Å². The van der Waals surface area contributed by atoms with Gasteiger partial charge in [-0.05, 0) is 44.4 Å². The van der Waals surface area contributed by atoms with Gasteiger partial charge in [-0.15, -0.1) is 0 Å². The van der Waals surface area contributed by atoms with Crippen LogP contribution in [0.4, 0.5) is 0 Å². The molecule has 0 heterocycles. The molecule has 0 saturated heterocycles. The van der Waals surface area contributed by atoms with E-state index >= 15 is 0 Å². The van der Waals surface area contributed by atoms with Crippen molar-refractivity contribution in [3.63, 3.8) is 0 Å². The average Bonchev–Trinajstić information content (AvgIpc) is 2.46. The quantitative estimate of drug-likeness (QED) is 0.890. The molecular weight excluding hydrogens is 250 g/mol. The second-order valence-electron chi connectivity index (χ2n) is 5.86. The van der Waals surface area contributed by atoms with Crippen LogP contribution in [0.1, 0.15) is 51.5 Å². The summed E-state index contributed by atoms with van der Waals surface area (Å²) in [4.78, 5) is 12.0. The van der Waals surface area contributed by atoms with E-state index in [1.165, 1.54) is 19.3 Å². The van der Waals surface area contributed by atoms with Crippen LogP contribution in [0.5, 0.6) is 5.75 Å². The van der Waals surface area contributed by atoms with Crippen molar-refractivity contribution < 1.29 is 9.53 Å². The maximum atomic E-state index is 12.0. The van der Waals surface area contributed by atoms with Crippen molar-refractivity contribution in [3.05, 3.63) is 29.8 Å². The second-order valence-corrected chi connectivity index (χ2v) is 5.86. The number of carbonyl (C=O) groups is 1. The van der Waals surface area contributed by atoms with Crippen molar-refractivity contribution in [2.45, 2.75) is 58.6 Å². The maximum Gasteiger partial charge on any atom is 0.223 e. The molecule has 1 aromatic carbocycles. The van der Waals surface area contributed by atoms with Gasteiger partial charge in [-0.1, -0.05) is 31.4 Å². The van der Waals surface area contributed by atoms with Gasteiger partial charge >= 0.3 is 0 Å². The van der Waals surface area contributed by atoms with Gasteiger partial charge in [-0.2, -0.15) is 0 Å². The molecule has 20 heavy (non-hydrogen) atoms. The van der Waals surface area contributed by atoms with E-state index in [4.69, 9.17) is 4.74 Å². The van der Waals surface area contributed by atoms with E-state index in [0.717, 1.165) is 24.2 Å². The van der Waals surface area contributed by atoms with Crippen LogP contribution < -0.4 is 10.1 Å². The first kappa shape index (κ1) is 14.9. The fourth-order valence-electron chi connectivity index (χ4n) is 2.66. The van der Waals surface area contributed by atoms with Gasteiger partial charge < -0.3 is 10.1 Å². The van der Waals surface area contributed by atoms with Crippen molar-refractivity contribution in [3.8, 4) is 5.75 Å². The number of rotatable bonds is 5. The molecule has 0 unspecified atom stereocenters. The lowest BCUT2D eigenvalue weighted by atomic mass is 9.88. The van der Waals surface area contributed by atoms with E-state index in [2.05, 4.69) is 5.32 Å². The third-order valence-electron chi connectivity index (χ3n) is 3.74. The van der Waals surface area contributed by atoms with Crippen LogP contribution in [0.2, 0.25) is 0 Å². The van der Waals surface area contributed by atoms with Gasteiger partial charge in [0.25, 0.3) is 0 Å². The molecule has 3 heteroatoms. The molecule has 1 fully saturated rings. The van der Waals surface area contributed by atoms with Crippen LogP contribution in [0.25, 0.3) is 0 Å². The summed E-state index contributed by atoms with van der Waals surface area (Å²) in [5.41, 5.74) is 1.12. The van der Waals surface area contributed by atoms with Gasteiger partial charge in [0.2, 0.25) is 5.91 Å². The number of ether oxygens (including phenoxy) is 1. The normalized spacial score (nSPS) is 16.1. The summed E-state index contributed by atoms with van der Waals surface area (Å²) in [7, 11) is 0. The van der Waals surface area contributed by atoms with Gasteiger partial charge in [-0.3, -0.25) is 4.79 Å². The summed E-state index contributed by atoms with van der Waals surface area (Å²) in [6.07, 6.45) is 5.95. The van der Waals surface area contributed by atoms with Crippen molar-refractivity contribution in [2.24, 2.45) is 5.92 Å². The van der Waals surface area contributed by atoms with Gasteiger partial charge in [0.05, 0.1) is 6.10 Å². The van der Waals surface area contributed by atoms with Crippen molar-refractivity contribution in [1.82, 2.24) is 5.32 Å². The molecule has 0 atom stereocenters. The van der Waals surface area contributed by atoms with Crippen LogP contribution >= 0.6 is 0 Å². The Labute approximate surface area is 121 Å². The van der Waals surface area contributed by atoms with E-state index in [1.54, 1.807) is 0 Å². The van der Waals surface area contributed by atoms with Gasteiger partial charge in [0, 0.05) is 12.5 Å². The molecule has 1 aliphatic rings. The van der Waals surface area contributed by atoms with Crippen LogP contribution in [0.3, 0.4) is 0 Å². The summed E-state index contributed by atoms with van der Waals surface area (Å²) < 4.78 is 5.60. The Bertz CT molecular complexity index is 419. The molecule has 0 aliphatic heterocycles. The summed E-state index contributed by atoms with van der Waals surface area (Å²) in [5, 5.41) is 3.05. The minimum atomic E-state index is 0.187. The zero-order chi connectivity index (χ0) is 14.4. The predicted molar refractivity (Wildman–Crippen MR) is 80.6 cm³/mol. The summed E-state index contributed by atoms with van der Waals surface area (Å²) >= 11 is 0. The highest BCUT2D eigenvalue weighted by Crippen LogP contribution is 2.23. The number of carbonyl (C=O) groups excluding carboxylic acids is 1.